The van der Waals surface area contributed by atoms with E-state index in [1.165, 1.54) is 6.07 Å². The number of benzene rings is 1. The maximum atomic E-state index is 12.1. The minimum Gasteiger partial charge on any atom is -0.477 e. The monoisotopic (exact) mass is 339 g/mol. The highest BCUT2D eigenvalue weighted by Crippen LogP contribution is 2.23. The fourth-order valence-electron chi connectivity index (χ4n) is 1.54. The van der Waals surface area contributed by atoms with Gasteiger partial charge in [0.1, 0.15) is 4.88 Å². The van der Waals surface area contributed by atoms with E-state index in [0.29, 0.717) is 10.6 Å². The van der Waals surface area contributed by atoms with Crippen LogP contribution in [-0.4, -0.2) is 17.0 Å². The Kier molecular flexibility index (Phi) is 4.01. The first-order chi connectivity index (χ1) is 8.97. The molecule has 1 heterocycles. The number of nitrogens with one attached hydrogen (secondary N) is 1. The number of carbonyl (C=O) groups is 2. The highest BCUT2D eigenvalue weighted by Gasteiger charge is 2.12. The minimum atomic E-state index is -0.996. The maximum Gasteiger partial charge on any atom is 0.345 e. The van der Waals surface area contributed by atoms with Gasteiger partial charge < -0.3 is 10.4 Å². The van der Waals surface area contributed by atoms with Crippen LogP contribution >= 0.6 is 27.3 Å². The van der Waals surface area contributed by atoms with Crippen LogP contribution in [0.15, 0.2) is 34.8 Å². The van der Waals surface area contributed by atoms with Gasteiger partial charge in [-0.25, -0.2) is 4.79 Å². The highest BCUT2D eigenvalue weighted by molar-refractivity contribution is 9.10. The summed E-state index contributed by atoms with van der Waals surface area (Å²) in [6.07, 6.45) is 0. The van der Waals surface area contributed by atoms with Crippen molar-refractivity contribution in [3.63, 3.8) is 0 Å². The zero-order valence-corrected chi connectivity index (χ0v) is 12.3. The predicted molar refractivity (Wildman–Crippen MR) is 78.1 cm³/mol. The molecule has 0 fully saturated rings. The summed E-state index contributed by atoms with van der Waals surface area (Å²) in [6, 6.07) is 8.49. The number of amides is 1. The second-order valence-electron chi connectivity index (χ2n) is 3.88. The molecule has 0 saturated carbocycles. The summed E-state index contributed by atoms with van der Waals surface area (Å²) in [5.74, 6) is -1.25. The topological polar surface area (TPSA) is 66.4 Å². The number of carbonyl (C=O) groups excluding carboxylic acids is 1. The van der Waals surface area contributed by atoms with Crippen LogP contribution in [0.3, 0.4) is 0 Å². The molecule has 0 radical (unpaired) electrons. The van der Waals surface area contributed by atoms with Gasteiger partial charge in [-0.2, -0.15) is 0 Å². The smallest absolute Gasteiger partial charge is 0.345 e. The highest BCUT2D eigenvalue weighted by atomic mass is 79.9. The van der Waals surface area contributed by atoms with E-state index >= 15 is 0 Å². The van der Waals surface area contributed by atoms with Crippen molar-refractivity contribution >= 4 is 44.1 Å². The van der Waals surface area contributed by atoms with E-state index in [9.17, 15) is 9.59 Å². The van der Waals surface area contributed by atoms with Crippen LogP contribution in [0.1, 0.15) is 25.6 Å². The van der Waals surface area contributed by atoms with Gasteiger partial charge in [0.05, 0.1) is 5.00 Å². The van der Waals surface area contributed by atoms with E-state index < -0.39 is 5.97 Å². The third-order valence-corrected chi connectivity index (χ3v) is 3.98. The molecule has 98 valence electrons. The van der Waals surface area contributed by atoms with Gasteiger partial charge in [0, 0.05) is 10.0 Å². The summed E-state index contributed by atoms with van der Waals surface area (Å²) in [7, 11) is 0. The molecule has 6 heteroatoms. The lowest BCUT2D eigenvalue weighted by Gasteiger charge is -2.06. The Bertz CT molecular complexity index is 651. The summed E-state index contributed by atoms with van der Waals surface area (Å²) in [6.45, 7) is 1.85. The quantitative estimate of drug-likeness (QED) is 0.894. The molecule has 0 aliphatic carbocycles. The Morgan fingerprint density at radius 3 is 2.63 bits per heavy atom. The number of carboxylic acids is 1. The standard InChI is InChI=1S/C13H10BrNO3S/c1-7-2-3-8(14)6-9(7)12(16)15-11-5-4-10(19-11)13(17)18/h2-6H,1H3,(H,15,16)(H,17,18). The van der Waals surface area contributed by atoms with E-state index in [0.717, 1.165) is 21.4 Å². The Balaban J connectivity index is 2.20. The van der Waals surface area contributed by atoms with Gasteiger partial charge in [0.2, 0.25) is 0 Å². The van der Waals surface area contributed by atoms with Crippen molar-refractivity contribution in [3.05, 3.63) is 50.8 Å². The van der Waals surface area contributed by atoms with Crippen LogP contribution in [0.5, 0.6) is 0 Å². The number of carboxylic acid groups (broad SMARTS) is 1. The zero-order valence-electron chi connectivity index (χ0n) is 9.94. The number of halogens is 1. The van der Waals surface area contributed by atoms with Crippen molar-refractivity contribution in [1.82, 2.24) is 0 Å². The summed E-state index contributed by atoms with van der Waals surface area (Å²) >= 11 is 4.35. The van der Waals surface area contributed by atoms with E-state index in [1.54, 1.807) is 12.1 Å². The minimum absolute atomic E-state index is 0.196. The summed E-state index contributed by atoms with van der Waals surface area (Å²) in [5.41, 5.74) is 1.41. The van der Waals surface area contributed by atoms with Crippen LogP contribution in [-0.2, 0) is 0 Å². The third kappa shape index (κ3) is 3.21. The maximum absolute atomic E-state index is 12.1. The van der Waals surface area contributed by atoms with Crippen molar-refractivity contribution < 1.29 is 14.7 Å². The molecule has 4 nitrogen and oxygen atoms in total. The van der Waals surface area contributed by atoms with Gasteiger partial charge in [-0.1, -0.05) is 22.0 Å². The van der Waals surface area contributed by atoms with Crippen LogP contribution in [0.4, 0.5) is 5.00 Å². The average Bonchev–Trinajstić information content (AvgIpc) is 2.80. The molecule has 2 N–H and O–H groups in total. The molecule has 0 atom stereocenters. The Hall–Kier alpha value is -1.66. The number of anilines is 1. The summed E-state index contributed by atoms with van der Waals surface area (Å²) in [4.78, 5) is 23.0. The van der Waals surface area contributed by atoms with E-state index in [1.807, 2.05) is 19.1 Å². The van der Waals surface area contributed by atoms with E-state index in [4.69, 9.17) is 5.11 Å². The molecule has 0 spiro atoms. The molecule has 0 saturated heterocycles. The normalized spacial score (nSPS) is 10.2. The molecule has 0 aliphatic heterocycles. The number of aromatic carboxylic acids is 1. The van der Waals surface area contributed by atoms with Gasteiger partial charge in [-0.3, -0.25) is 4.79 Å². The molecule has 2 rings (SSSR count). The van der Waals surface area contributed by atoms with Crippen LogP contribution in [0, 0.1) is 6.92 Å². The predicted octanol–water partition coefficient (Wildman–Crippen LogP) is 3.77. The first-order valence-electron chi connectivity index (χ1n) is 5.38. The van der Waals surface area contributed by atoms with Gasteiger partial charge in [-0.05, 0) is 36.8 Å². The molecule has 1 aromatic carbocycles. The van der Waals surface area contributed by atoms with E-state index in [2.05, 4.69) is 21.2 Å². The first-order valence-corrected chi connectivity index (χ1v) is 6.99. The van der Waals surface area contributed by atoms with Crippen molar-refractivity contribution in [2.75, 3.05) is 5.32 Å². The van der Waals surface area contributed by atoms with Crippen molar-refractivity contribution in [2.45, 2.75) is 6.92 Å². The fraction of sp³-hybridized carbons (Fsp3) is 0.0769. The lowest BCUT2D eigenvalue weighted by Crippen LogP contribution is -2.12. The lowest BCUT2D eigenvalue weighted by atomic mass is 10.1. The molecule has 0 unspecified atom stereocenters. The molecular weight excluding hydrogens is 330 g/mol. The summed E-state index contributed by atoms with van der Waals surface area (Å²) in [5, 5.41) is 12.0. The molecular formula is C13H10BrNO3S. The number of hydrogen-bond donors (Lipinski definition) is 2. The Morgan fingerprint density at radius 1 is 1.26 bits per heavy atom. The summed E-state index contributed by atoms with van der Waals surface area (Å²) < 4.78 is 0.820. The molecule has 1 amide bonds. The van der Waals surface area contributed by atoms with Crippen LogP contribution in [0.25, 0.3) is 0 Å². The first kappa shape index (κ1) is 13.8. The van der Waals surface area contributed by atoms with Gasteiger partial charge in [0.25, 0.3) is 5.91 Å². The fourth-order valence-corrected chi connectivity index (χ4v) is 2.64. The Labute approximate surface area is 122 Å². The van der Waals surface area contributed by atoms with Gasteiger partial charge in [0.15, 0.2) is 0 Å². The molecule has 0 aliphatic rings. The molecule has 19 heavy (non-hydrogen) atoms. The van der Waals surface area contributed by atoms with Crippen molar-refractivity contribution in [1.29, 1.82) is 0 Å². The van der Waals surface area contributed by atoms with Crippen LogP contribution in [0.2, 0.25) is 0 Å². The number of aryl methyl sites for hydroxylation is 1. The van der Waals surface area contributed by atoms with Crippen LogP contribution < -0.4 is 5.32 Å². The average molecular weight is 340 g/mol. The van der Waals surface area contributed by atoms with Gasteiger partial charge >= 0.3 is 5.97 Å². The van der Waals surface area contributed by atoms with Crippen molar-refractivity contribution in [3.8, 4) is 0 Å². The largest absolute Gasteiger partial charge is 0.477 e. The lowest BCUT2D eigenvalue weighted by molar-refractivity contribution is 0.0702. The second-order valence-corrected chi connectivity index (χ2v) is 5.88. The number of rotatable bonds is 3. The molecule has 1 aromatic heterocycles. The second kappa shape index (κ2) is 5.54. The number of hydrogen-bond acceptors (Lipinski definition) is 3. The third-order valence-electron chi connectivity index (χ3n) is 2.50. The molecule has 0 bridgehead atoms. The SMILES string of the molecule is Cc1ccc(Br)cc1C(=O)Nc1ccc(C(=O)O)s1. The van der Waals surface area contributed by atoms with Crippen molar-refractivity contribution in [2.24, 2.45) is 0 Å². The molecule has 2 aromatic rings. The Morgan fingerprint density at radius 2 is 2.00 bits per heavy atom. The zero-order chi connectivity index (χ0) is 14.0. The van der Waals surface area contributed by atoms with Gasteiger partial charge in [-0.15, -0.1) is 11.3 Å². The van der Waals surface area contributed by atoms with E-state index in [-0.39, 0.29) is 10.8 Å². The number of thiophene rings is 1.